The van der Waals surface area contributed by atoms with Gasteiger partial charge in [0.25, 0.3) is 0 Å². The van der Waals surface area contributed by atoms with Gasteiger partial charge in [0, 0.05) is 5.92 Å². The molecule has 1 aliphatic rings. The molecule has 0 aromatic rings. The first kappa shape index (κ1) is 7.54. The minimum absolute atomic E-state index is 0.0394. The molecule has 0 bridgehead atoms. The largest absolute Gasteiger partial charge is 0.436 e. The first-order valence-electron chi connectivity index (χ1n) is 3.61. The van der Waals surface area contributed by atoms with Gasteiger partial charge in [0.2, 0.25) is 6.29 Å². The number of hydrogen-bond acceptors (Lipinski definition) is 3. The maximum atomic E-state index is 10.6. The predicted molar refractivity (Wildman–Crippen MR) is 35.1 cm³/mol. The number of rotatable bonds is 2. The van der Waals surface area contributed by atoms with Crippen molar-refractivity contribution in [3.63, 3.8) is 0 Å². The van der Waals surface area contributed by atoms with E-state index in [4.69, 9.17) is 5.11 Å². The van der Waals surface area contributed by atoms with Crippen molar-refractivity contribution >= 4 is 5.97 Å². The van der Waals surface area contributed by atoms with E-state index in [-0.39, 0.29) is 11.9 Å². The van der Waals surface area contributed by atoms with Crippen molar-refractivity contribution in [2.75, 3.05) is 0 Å². The highest BCUT2D eigenvalue weighted by molar-refractivity contribution is 5.71. The van der Waals surface area contributed by atoms with Crippen LogP contribution in [0.1, 0.15) is 26.2 Å². The summed E-state index contributed by atoms with van der Waals surface area (Å²) in [6.45, 7) is 2.02. The van der Waals surface area contributed by atoms with Crippen LogP contribution in [0.2, 0.25) is 0 Å². The molecule has 0 saturated carbocycles. The van der Waals surface area contributed by atoms with Crippen LogP contribution in [-0.2, 0) is 9.53 Å². The fourth-order valence-corrected chi connectivity index (χ4v) is 1.21. The van der Waals surface area contributed by atoms with Gasteiger partial charge >= 0.3 is 5.97 Å². The van der Waals surface area contributed by atoms with Gasteiger partial charge in [0.15, 0.2) is 0 Å². The first-order valence-corrected chi connectivity index (χ1v) is 3.61. The number of cyclic esters (lactones) is 1. The van der Waals surface area contributed by atoms with Crippen molar-refractivity contribution in [3.05, 3.63) is 0 Å². The Balaban J connectivity index is 2.38. The number of ether oxygens (including phenoxy) is 1. The molecule has 1 N–H and O–H groups in total. The Kier molecular flexibility index (Phi) is 2.27. The van der Waals surface area contributed by atoms with E-state index in [9.17, 15) is 4.79 Å². The highest BCUT2D eigenvalue weighted by atomic mass is 16.6. The summed E-state index contributed by atoms with van der Waals surface area (Å²) in [6.07, 6.45) is 1.40. The van der Waals surface area contributed by atoms with E-state index in [1.165, 1.54) is 0 Å². The van der Waals surface area contributed by atoms with Crippen LogP contribution in [-0.4, -0.2) is 17.4 Å². The van der Waals surface area contributed by atoms with Gasteiger partial charge in [-0.05, 0) is 6.42 Å². The quantitative estimate of drug-likeness (QED) is 0.579. The third-order valence-electron chi connectivity index (χ3n) is 1.74. The zero-order valence-corrected chi connectivity index (χ0v) is 6.04. The molecule has 10 heavy (non-hydrogen) atoms. The van der Waals surface area contributed by atoms with E-state index < -0.39 is 6.29 Å². The molecule has 1 fully saturated rings. The SMILES string of the molecule is CCCC1CC(=O)O[C@H]1O. The van der Waals surface area contributed by atoms with E-state index in [0.717, 1.165) is 12.8 Å². The monoisotopic (exact) mass is 144 g/mol. The number of hydrogen-bond donors (Lipinski definition) is 1. The second kappa shape index (κ2) is 3.01. The van der Waals surface area contributed by atoms with Crippen LogP contribution in [0.5, 0.6) is 0 Å². The molecule has 2 atom stereocenters. The van der Waals surface area contributed by atoms with E-state index in [1.807, 2.05) is 6.92 Å². The van der Waals surface area contributed by atoms with Crippen LogP contribution < -0.4 is 0 Å². The van der Waals surface area contributed by atoms with Crippen molar-refractivity contribution in [2.45, 2.75) is 32.5 Å². The molecule has 0 radical (unpaired) electrons. The van der Waals surface area contributed by atoms with Crippen molar-refractivity contribution < 1.29 is 14.6 Å². The molecule has 3 nitrogen and oxygen atoms in total. The molecular weight excluding hydrogens is 132 g/mol. The highest BCUT2D eigenvalue weighted by Crippen LogP contribution is 2.24. The van der Waals surface area contributed by atoms with Crippen LogP contribution >= 0.6 is 0 Å². The maximum Gasteiger partial charge on any atom is 0.308 e. The summed E-state index contributed by atoms with van der Waals surface area (Å²) in [4.78, 5) is 10.6. The van der Waals surface area contributed by atoms with Crippen molar-refractivity contribution in [3.8, 4) is 0 Å². The molecule has 1 aliphatic heterocycles. The lowest BCUT2D eigenvalue weighted by atomic mass is 10.0. The van der Waals surface area contributed by atoms with Crippen LogP contribution in [0, 0.1) is 5.92 Å². The number of esters is 1. The van der Waals surface area contributed by atoms with Gasteiger partial charge in [-0.15, -0.1) is 0 Å². The van der Waals surface area contributed by atoms with Crippen LogP contribution in [0.3, 0.4) is 0 Å². The molecule has 1 rings (SSSR count). The second-order valence-corrected chi connectivity index (χ2v) is 2.63. The number of carbonyl (C=O) groups excluding carboxylic acids is 1. The number of aliphatic hydroxyl groups excluding tert-OH is 1. The molecule has 1 saturated heterocycles. The molecule has 0 spiro atoms. The van der Waals surface area contributed by atoms with Gasteiger partial charge < -0.3 is 9.84 Å². The van der Waals surface area contributed by atoms with Crippen LogP contribution in [0.25, 0.3) is 0 Å². The minimum atomic E-state index is -0.840. The average molecular weight is 144 g/mol. The smallest absolute Gasteiger partial charge is 0.308 e. The Hall–Kier alpha value is -0.570. The highest BCUT2D eigenvalue weighted by Gasteiger charge is 2.31. The summed E-state index contributed by atoms with van der Waals surface area (Å²) in [7, 11) is 0. The third-order valence-corrected chi connectivity index (χ3v) is 1.74. The Morgan fingerprint density at radius 1 is 1.80 bits per heavy atom. The standard InChI is InChI=1S/C7H12O3/c1-2-3-5-4-6(8)10-7(5)9/h5,7,9H,2-4H2,1H3/t5?,7-/m1/s1. The van der Waals surface area contributed by atoms with Gasteiger partial charge in [0.1, 0.15) is 0 Å². The summed E-state index contributed by atoms with van der Waals surface area (Å²) < 4.78 is 4.54. The molecule has 0 amide bonds. The van der Waals surface area contributed by atoms with Crippen molar-refractivity contribution in [1.82, 2.24) is 0 Å². The Bertz CT molecular complexity index is 133. The van der Waals surface area contributed by atoms with Gasteiger partial charge in [-0.25, -0.2) is 0 Å². The van der Waals surface area contributed by atoms with E-state index in [2.05, 4.69) is 4.74 Å². The van der Waals surface area contributed by atoms with Crippen LogP contribution in [0.4, 0.5) is 0 Å². The fraction of sp³-hybridized carbons (Fsp3) is 0.857. The summed E-state index contributed by atoms with van der Waals surface area (Å²) in [5.74, 6) is -0.233. The molecule has 1 unspecified atom stereocenters. The predicted octanol–water partition coefficient (Wildman–Crippen LogP) is 0.668. The lowest BCUT2D eigenvalue weighted by molar-refractivity contribution is -0.156. The van der Waals surface area contributed by atoms with E-state index in [1.54, 1.807) is 0 Å². The number of carbonyl (C=O) groups is 1. The Morgan fingerprint density at radius 2 is 2.50 bits per heavy atom. The number of aliphatic hydroxyl groups is 1. The molecule has 58 valence electrons. The normalized spacial score (nSPS) is 32.4. The molecule has 1 heterocycles. The topological polar surface area (TPSA) is 46.5 Å². The molecule has 0 aromatic carbocycles. The van der Waals surface area contributed by atoms with Gasteiger partial charge in [-0.2, -0.15) is 0 Å². The van der Waals surface area contributed by atoms with Gasteiger partial charge in [0.05, 0.1) is 6.42 Å². The summed E-state index contributed by atoms with van der Waals surface area (Å²) in [5.41, 5.74) is 0. The second-order valence-electron chi connectivity index (χ2n) is 2.63. The molecule has 0 aliphatic carbocycles. The lowest BCUT2D eigenvalue weighted by Gasteiger charge is -2.08. The molecule has 3 heteroatoms. The Labute approximate surface area is 60.0 Å². The van der Waals surface area contributed by atoms with E-state index >= 15 is 0 Å². The molecule has 0 aromatic heterocycles. The first-order chi connectivity index (χ1) is 4.74. The fourth-order valence-electron chi connectivity index (χ4n) is 1.21. The zero-order valence-electron chi connectivity index (χ0n) is 6.04. The van der Waals surface area contributed by atoms with Gasteiger partial charge in [-0.1, -0.05) is 13.3 Å². The summed E-state index contributed by atoms with van der Waals surface area (Å²) in [5, 5.41) is 9.05. The lowest BCUT2D eigenvalue weighted by Crippen LogP contribution is -2.14. The minimum Gasteiger partial charge on any atom is -0.436 e. The van der Waals surface area contributed by atoms with Gasteiger partial charge in [-0.3, -0.25) is 4.79 Å². The van der Waals surface area contributed by atoms with Crippen molar-refractivity contribution in [2.24, 2.45) is 5.92 Å². The summed E-state index contributed by atoms with van der Waals surface area (Å²) in [6, 6.07) is 0. The van der Waals surface area contributed by atoms with Crippen LogP contribution in [0.15, 0.2) is 0 Å². The maximum absolute atomic E-state index is 10.6. The average Bonchev–Trinajstić information content (AvgIpc) is 2.13. The van der Waals surface area contributed by atoms with E-state index in [0.29, 0.717) is 6.42 Å². The Morgan fingerprint density at radius 3 is 2.90 bits per heavy atom. The third kappa shape index (κ3) is 1.48. The zero-order chi connectivity index (χ0) is 7.56. The molecular formula is C7H12O3. The van der Waals surface area contributed by atoms with Crippen molar-refractivity contribution in [1.29, 1.82) is 0 Å². The summed E-state index contributed by atoms with van der Waals surface area (Å²) >= 11 is 0.